The van der Waals surface area contributed by atoms with E-state index in [2.05, 4.69) is 6.92 Å². The summed E-state index contributed by atoms with van der Waals surface area (Å²) in [6.07, 6.45) is 3.37. The second-order valence-corrected chi connectivity index (χ2v) is 8.46. The predicted octanol–water partition coefficient (Wildman–Crippen LogP) is 2.32. The van der Waals surface area contributed by atoms with Gasteiger partial charge in [0, 0.05) is 30.6 Å². The summed E-state index contributed by atoms with van der Waals surface area (Å²) in [6, 6.07) is 0.829. The number of carbonyl (C=O) groups is 2. The Hall–Kier alpha value is -0.523. The van der Waals surface area contributed by atoms with Crippen LogP contribution in [0.3, 0.4) is 0 Å². The number of aldehydes is 2. The zero-order valence-corrected chi connectivity index (χ0v) is 12.6. The first kappa shape index (κ1) is 15.5. The molecule has 1 aliphatic rings. The van der Waals surface area contributed by atoms with Crippen LogP contribution in [0.2, 0.25) is 11.6 Å². The standard InChI is InChI=1S/C13H24O4Si/c1-4-16-18(6-3,17-5-2)13-8-11(9-14)7-12(13)10-15/h9-13H,4-8H2,1-3H3. The van der Waals surface area contributed by atoms with Gasteiger partial charge in [-0.1, -0.05) is 6.92 Å². The van der Waals surface area contributed by atoms with Crippen molar-refractivity contribution >= 4 is 21.1 Å². The molecule has 0 amide bonds. The highest BCUT2D eigenvalue weighted by Crippen LogP contribution is 2.47. The van der Waals surface area contributed by atoms with Crippen LogP contribution >= 0.6 is 0 Å². The second-order valence-electron chi connectivity index (χ2n) is 4.81. The SMILES string of the molecule is CCO[Si](CC)(OCC)C1CC(C=O)CC1C=O. The summed E-state index contributed by atoms with van der Waals surface area (Å²) >= 11 is 0. The van der Waals surface area contributed by atoms with Gasteiger partial charge in [0.1, 0.15) is 12.6 Å². The Kier molecular flexibility index (Phi) is 6.18. The number of carbonyl (C=O) groups excluding carboxylic acids is 2. The summed E-state index contributed by atoms with van der Waals surface area (Å²) in [5, 5.41) is 0. The predicted molar refractivity (Wildman–Crippen MR) is 71.6 cm³/mol. The average Bonchev–Trinajstić information content (AvgIpc) is 2.82. The van der Waals surface area contributed by atoms with E-state index in [1.165, 1.54) is 0 Å². The van der Waals surface area contributed by atoms with Gasteiger partial charge in [-0.15, -0.1) is 0 Å². The van der Waals surface area contributed by atoms with E-state index >= 15 is 0 Å². The minimum absolute atomic E-state index is 0.00969. The van der Waals surface area contributed by atoms with E-state index in [-0.39, 0.29) is 17.4 Å². The molecule has 18 heavy (non-hydrogen) atoms. The molecular weight excluding hydrogens is 248 g/mol. The number of hydrogen-bond donors (Lipinski definition) is 0. The Morgan fingerprint density at radius 3 is 2.06 bits per heavy atom. The molecule has 1 fully saturated rings. The van der Waals surface area contributed by atoms with Gasteiger partial charge in [-0.3, -0.25) is 0 Å². The lowest BCUT2D eigenvalue weighted by atomic mass is 10.1. The average molecular weight is 272 g/mol. The molecule has 1 aliphatic carbocycles. The van der Waals surface area contributed by atoms with E-state index in [0.29, 0.717) is 19.6 Å². The van der Waals surface area contributed by atoms with E-state index < -0.39 is 8.56 Å². The van der Waals surface area contributed by atoms with Crippen molar-refractivity contribution in [2.75, 3.05) is 13.2 Å². The first-order valence-electron chi connectivity index (χ1n) is 6.85. The van der Waals surface area contributed by atoms with Gasteiger partial charge in [0.15, 0.2) is 0 Å². The lowest BCUT2D eigenvalue weighted by molar-refractivity contribution is -0.112. The smallest absolute Gasteiger partial charge is 0.341 e. The van der Waals surface area contributed by atoms with Crippen molar-refractivity contribution in [3.05, 3.63) is 0 Å². The molecule has 0 heterocycles. The minimum Gasteiger partial charge on any atom is -0.394 e. The molecule has 0 aromatic rings. The Labute approximate surface area is 110 Å². The first-order chi connectivity index (χ1) is 8.67. The highest BCUT2D eigenvalue weighted by Gasteiger charge is 2.52. The highest BCUT2D eigenvalue weighted by atomic mass is 28.4. The molecule has 1 rings (SSSR count). The highest BCUT2D eigenvalue weighted by molar-refractivity contribution is 6.69. The van der Waals surface area contributed by atoms with Crippen molar-refractivity contribution in [2.24, 2.45) is 11.8 Å². The third-order valence-corrected chi connectivity index (χ3v) is 8.18. The van der Waals surface area contributed by atoms with E-state index in [4.69, 9.17) is 8.85 Å². The van der Waals surface area contributed by atoms with Crippen LogP contribution in [0.15, 0.2) is 0 Å². The van der Waals surface area contributed by atoms with E-state index in [1.54, 1.807) is 0 Å². The molecule has 0 bridgehead atoms. The van der Waals surface area contributed by atoms with Crippen LogP contribution in [-0.2, 0) is 18.4 Å². The Morgan fingerprint density at radius 2 is 1.67 bits per heavy atom. The summed E-state index contributed by atoms with van der Waals surface area (Å²) in [4.78, 5) is 22.2. The van der Waals surface area contributed by atoms with Crippen LogP contribution in [0.5, 0.6) is 0 Å². The number of rotatable bonds is 8. The van der Waals surface area contributed by atoms with E-state index in [1.807, 2.05) is 13.8 Å². The lowest BCUT2D eigenvalue weighted by Crippen LogP contribution is -2.48. The molecule has 0 radical (unpaired) electrons. The lowest BCUT2D eigenvalue weighted by Gasteiger charge is -2.36. The molecule has 0 aromatic carbocycles. The summed E-state index contributed by atoms with van der Waals surface area (Å²) in [5.41, 5.74) is 0.120. The summed E-state index contributed by atoms with van der Waals surface area (Å²) in [5.74, 6) is -0.0885. The maximum atomic E-state index is 11.2. The largest absolute Gasteiger partial charge is 0.394 e. The van der Waals surface area contributed by atoms with Gasteiger partial charge in [-0.2, -0.15) is 0 Å². The quantitative estimate of drug-likeness (QED) is 0.502. The fourth-order valence-corrected chi connectivity index (χ4v) is 7.04. The number of hydrogen-bond acceptors (Lipinski definition) is 4. The Balaban J connectivity index is 2.95. The van der Waals surface area contributed by atoms with Crippen LogP contribution in [0.25, 0.3) is 0 Å². The molecule has 0 spiro atoms. The zero-order valence-electron chi connectivity index (χ0n) is 11.6. The Morgan fingerprint density at radius 1 is 1.06 bits per heavy atom. The monoisotopic (exact) mass is 272 g/mol. The van der Waals surface area contributed by atoms with Crippen molar-refractivity contribution in [1.82, 2.24) is 0 Å². The molecule has 0 saturated heterocycles. The molecule has 0 aliphatic heterocycles. The van der Waals surface area contributed by atoms with Gasteiger partial charge >= 0.3 is 8.56 Å². The second kappa shape index (κ2) is 7.16. The van der Waals surface area contributed by atoms with Crippen molar-refractivity contribution in [3.63, 3.8) is 0 Å². The molecule has 3 unspecified atom stereocenters. The van der Waals surface area contributed by atoms with Gasteiger partial charge in [0.2, 0.25) is 0 Å². The van der Waals surface area contributed by atoms with E-state index in [9.17, 15) is 9.59 Å². The minimum atomic E-state index is -2.37. The van der Waals surface area contributed by atoms with Crippen LogP contribution < -0.4 is 0 Å². The fraction of sp³-hybridized carbons (Fsp3) is 0.846. The van der Waals surface area contributed by atoms with Crippen molar-refractivity contribution in [3.8, 4) is 0 Å². The van der Waals surface area contributed by atoms with Crippen LogP contribution in [0, 0.1) is 11.8 Å². The fourth-order valence-electron chi connectivity index (χ4n) is 3.09. The maximum Gasteiger partial charge on any atom is 0.341 e. The molecule has 104 valence electrons. The maximum absolute atomic E-state index is 11.2. The molecule has 0 aromatic heterocycles. The molecule has 3 atom stereocenters. The summed E-state index contributed by atoms with van der Waals surface area (Å²) in [6.45, 7) is 7.19. The van der Waals surface area contributed by atoms with Gasteiger partial charge < -0.3 is 18.4 Å². The molecular formula is C13H24O4Si. The van der Waals surface area contributed by atoms with Crippen molar-refractivity contribution in [2.45, 2.75) is 45.2 Å². The van der Waals surface area contributed by atoms with Crippen molar-refractivity contribution in [1.29, 1.82) is 0 Å². The van der Waals surface area contributed by atoms with Gasteiger partial charge in [0.05, 0.1) is 0 Å². The van der Waals surface area contributed by atoms with Crippen LogP contribution in [0.4, 0.5) is 0 Å². The van der Waals surface area contributed by atoms with Crippen LogP contribution in [0.1, 0.15) is 33.6 Å². The zero-order chi connectivity index (χ0) is 13.6. The third kappa shape index (κ3) is 3.08. The molecule has 0 N–H and O–H groups in total. The molecule has 1 saturated carbocycles. The summed E-state index contributed by atoms with van der Waals surface area (Å²) < 4.78 is 11.9. The van der Waals surface area contributed by atoms with E-state index in [0.717, 1.165) is 25.0 Å². The summed E-state index contributed by atoms with van der Waals surface area (Å²) in [7, 11) is -2.37. The van der Waals surface area contributed by atoms with Crippen molar-refractivity contribution < 1.29 is 18.4 Å². The Bertz CT molecular complexity index is 276. The van der Waals surface area contributed by atoms with Gasteiger partial charge in [-0.05, 0) is 32.7 Å². The topological polar surface area (TPSA) is 52.6 Å². The first-order valence-corrected chi connectivity index (χ1v) is 8.95. The molecule has 5 heteroatoms. The molecule has 4 nitrogen and oxygen atoms in total. The van der Waals surface area contributed by atoms with Gasteiger partial charge in [0.25, 0.3) is 0 Å². The van der Waals surface area contributed by atoms with Gasteiger partial charge in [-0.25, -0.2) is 0 Å². The normalized spacial score (nSPS) is 28.3. The third-order valence-electron chi connectivity index (χ3n) is 3.85. The van der Waals surface area contributed by atoms with Crippen LogP contribution in [-0.4, -0.2) is 34.3 Å².